The molecule has 14 heteroatoms. The van der Waals surface area contributed by atoms with Gasteiger partial charge in [0.1, 0.15) is 0 Å². The average Bonchev–Trinajstić information content (AvgIpc) is 3.16. The van der Waals surface area contributed by atoms with Crippen molar-refractivity contribution in [3.63, 3.8) is 0 Å². The first kappa shape index (κ1) is 47.6. The summed E-state index contributed by atoms with van der Waals surface area (Å²) >= 11 is 0. The van der Waals surface area contributed by atoms with Gasteiger partial charge >= 0.3 is 8.60 Å². The van der Waals surface area contributed by atoms with E-state index in [2.05, 4.69) is 16.0 Å². The summed E-state index contributed by atoms with van der Waals surface area (Å²) in [6.07, 6.45) is 6.46. The quantitative estimate of drug-likeness (QED) is 0.0305. The molecule has 1 atom stereocenters. The number of carbonyl (C=O) groups is 3. The van der Waals surface area contributed by atoms with Gasteiger partial charge in [-0.1, -0.05) is 89.4 Å². The Hall–Kier alpha value is -3.58. The van der Waals surface area contributed by atoms with Gasteiger partial charge in [-0.05, 0) is 51.2 Å². The third-order valence-electron chi connectivity index (χ3n) is 8.69. The van der Waals surface area contributed by atoms with Gasteiger partial charge < -0.3 is 45.5 Å². The lowest BCUT2D eigenvalue weighted by molar-refractivity contribution is -0.125. The standard InChI is InChI=1S/C39H62N7O6P.C2H6/c1-29(2)42-24-25-44-36(48)21-22-37(49)45-28-31-16-9-10-17-32(31)38(40)39(33-18-11-12-19-34(33)45)46(41)26-14-7-8-20-35(47)43-23-13-5-6-15-27-51-53(50)52-30(3)4;1-2/h9-12,16-19,29-30,42,50H,5-8,13-15,20-28,40-41H2,1-4H3,(H,43,47)(H,44,48);1-2H3/b39-38-;. The molecule has 2 aromatic carbocycles. The Morgan fingerprint density at radius 1 is 0.818 bits per heavy atom. The molecule has 55 heavy (non-hydrogen) atoms. The molecule has 0 bridgehead atoms. The lowest BCUT2D eigenvalue weighted by Gasteiger charge is -2.33. The first-order valence-corrected chi connectivity index (χ1v) is 21.2. The molecule has 0 aliphatic carbocycles. The Morgan fingerprint density at radius 2 is 1.45 bits per heavy atom. The van der Waals surface area contributed by atoms with Gasteiger partial charge in [-0.3, -0.25) is 14.4 Å². The number of nitrogens with one attached hydrogen (secondary N) is 3. The minimum Gasteiger partial charge on any atom is -0.396 e. The monoisotopic (exact) mass is 785 g/mol. The number of carbonyl (C=O) groups excluding carboxylic acids is 3. The number of hydrogen-bond donors (Lipinski definition) is 6. The molecular weight excluding hydrogens is 717 g/mol. The summed E-state index contributed by atoms with van der Waals surface area (Å²) in [7, 11) is -1.81. The van der Waals surface area contributed by atoms with E-state index in [1.807, 2.05) is 90.1 Å². The number of amides is 3. The second-order valence-electron chi connectivity index (χ2n) is 13.9. The number of anilines is 1. The van der Waals surface area contributed by atoms with Crippen LogP contribution in [0.1, 0.15) is 122 Å². The van der Waals surface area contributed by atoms with Crippen LogP contribution in [0.3, 0.4) is 0 Å². The number of hydrazine groups is 1. The van der Waals surface area contributed by atoms with Crippen molar-refractivity contribution < 1.29 is 28.3 Å². The normalized spacial score (nSPS) is 14.3. The zero-order chi connectivity index (χ0) is 40.6. The number of nitrogens with zero attached hydrogens (tertiary/aromatic N) is 2. The zero-order valence-corrected chi connectivity index (χ0v) is 35.0. The highest BCUT2D eigenvalue weighted by molar-refractivity contribution is 7.40. The number of para-hydroxylation sites is 1. The van der Waals surface area contributed by atoms with Crippen molar-refractivity contribution in [2.24, 2.45) is 11.6 Å². The fraction of sp³-hybridized carbons (Fsp3) is 0.585. The third-order valence-corrected chi connectivity index (χ3v) is 9.70. The van der Waals surface area contributed by atoms with Crippen LogP contribution >= 0.6 is 8.60 Å². The molecule has 1 aliphatic heterocycles. The van der Waals surface area contributed by atoms with Crippen LogP contribution in [0.5, 0.6) is 0 Å². The van der Waals surface area contributed by atoms with Crippen LogP contribution < -0.4 is 32.4 Å². The fourth-order valence-electron chi connectivity index (χ4n) is 6.00. The van der Waals surface area contributed by atoms with E-state index in [0.29, 0.717) is 68.9 Å². The SMILES string of the molecule is CC.CC(C)NCCNC(=O)CCC(=O)N1Cc2ccccc2/C(N)=C(/N(N)CCCCCC(=O)NCCCCCCOP(O)OC(C)C)c2ccccc21. The van der Waals surface area contributed by atoms with Gasteiger partial charge in [0.05, 0.1) is 36.3 Å². The summed E-state index contributed by atoms with van der Waals surface area (Å²) in [4.78, 5) is 50.1. The zero-order valence-electron chi connectivity index (χ0n) is 34.1. The van der Waals surface area contributed by atoms with E-state index in [4.69, 9.17) is 20.6 Å². The van der Waals surface area contributed by atoms with Crippen molar-refractivity contribution in [2.75, 3.05) is 37.7 Å². The van der Waals surface area contributed by atoms with Crippen LogP contribution in [-0.4, -0.2) is 72.6 Å². The minimum atomic E-state index is -1.81. The largest absolute Gasteiger partial charge is 0.396 e. The molecular formula is C41H68N7O6P. The van der Waals surface area contributed by atoms with E-state index in [-0.39, 0.29) is 36.7 Å². The van der Waals surface area contributed by atoms with Crippen molar-refractivity contribution in [3.05, 3.63) is 65.2 Å². The Morgan fingerprint density at radius 3 is 2.18 bits per heavy atom. The molecule has 13 nitrogen and oxygen atoms in total. The summed E-state index contributed by atoms with van der Waals surface area (Å²) in [5, 5.41) is 10.8. The second kappa shape index (κ2) is 27.1. The van der Waals surface area contributed by atoms with Gasteiger partial charge in [-0.25, -0.2) is 5.84 Å². The van der Waals surface area contributed by atoms with E-state index >= 15 is 0 Å². The molecule has 0 radical (unpaired) electrons. The molecule has 8 N–H and O–H groups in total. The van der Waals surface area contributed by atoms with Gasteiger partial charge in [-0.15, -0.1) is 0 Å². The highest BCUT2D eigenvalue weighted by atomic mass is 31.2. The molecule has 1 heterocycles. The molecule has 0 fully saturated rings. The first-order valence-electron chi connectivity index (χ1n) is 20.0. The van der Waals surface area contributed by atoms with Crippen molar-refractivity contribution in [2.45, 2.75) is 124 Å². The lowest BCUT2D eigenvalue weighted by Crippen LogP contribution is -2.38. The summed E-state index contributed by atoms with van der Waals surface area (Å²) in [6, 6.07) is 15.7. The maximum absolute atomic E-state index is 13.8. The Labute approximate surface area is 330 Å². The van der Waals surface area contributed by atoms with E-state index in [9.17, 15) is 19.3 Å². The Kier molecular flexibility index (Phi) is 23.4. The predicted molar refractivity (Wildman–Crippen MR) is 224 cm³/mol. The number of fused-ring (bicyclic) bond motifs is 2. The van der Waals surface area contributed by atoms with E-state index in [1.165, 1.54) is 0 Å². The number of rotatable bonds is 24. The number of nitrogens with two attached hydrogens (primary N) is 2. The molecule has 3 amide bonds. The van der Waals surface area contributed by atoms with Gasteiger partial charge in [0, 0.05) is 62.6 Å². The smallest absolute Gasteiger partial charge is 0.330 e. The fourth-order valence-corrected chi connectivity index (χ4v) is 6.71. The van der Waals surface area contributed by atoms with Crippen LogP contribution in [0.4, 0.5) is 5.69 Å². The Bertz CT molecular complexity index is 1470. The first-order chi connectivity index (χ1) is 26.5. The summed E-state index contributed by atoms with van der Waals surface area (Å²) < 4.78 is 10.5. The minimum absolute atomic E-state index is 0.0394. The average molecular weight is 786 g/mol. The molecule has 2 aromatic rings. The molecule has 3 rings (SSSR count). The highest BCUT2D eigenvalue weighted by Gasteiger charge is 2.28. The highest BCUT2D eigenvalue weighted by Crippen LogP contribution is 2.37. The summed E-state index contributed by atoms with van der Waals surface area (Å²) in [5.74, 6) is 6.47. The van der Waals surface area contributed by atoms with E-state index in [1.54, 1.807) is 9.91 Å². The third kappa shape index (κ3) is 17.8. The van der Waals surface area contributed by atoms with Gasteiger partial charge in [0.25, 0.3) is 0 Å². The lowest BCUT2D eigenvalue weighted by atomic mass is 9.95. The number of unbranched alkanes of at least 4 members (excludes halogenated alkanes) is 5. The predicted octanol–water partition coefficient (Wildman–Crippen LogP) is 6.31. The van der Waals surface area contributed by atoms with Gasteiger partial charge in [-0.2, -0.15) is 0 Å². The molecule has 0 spiro atoms. The second-order valence-corrected chi connectivity index (χ2v) is 14.8. The van der Waals surface area contributed by atoms with E-state index in [0.717, 1.165) is 61.6 Å². The van der Waals surface area contributed by atoms with Crippen molar-refractivity contribution in [3.8, 4) is 0 Å². The van der Waals surface area contributed by atoms with Crippen LogP contribution in [0, 0.1) is 0 Å². The molecule has 0 saturated carbocycles. The van der Waals surface area contributed by atoms with Gasteiger partial charge in [0.15, 0.2) is 0 Å². The van der Waals surface area contributed by atoms with E-state index < -0.39 is 8.60 Å². The molecule has 1 unspecified atom stereocenters. The molecule has 308 valence electrons. The van der Waals surface area contributed by atoms with Crippen LogP contribution in [0.15, 0.2) is 48.5 Å². The maximum atomic E-state index is 13.8. The van der Waals surface area contributed by atoms with Crippen molar-refractivity contribution in [1.29, 1.82) is 0 Å². The van der Waals surface area contributed by atoms with Crippen LogP contribution in [-0.2, 0) is 30.0 Å². The van der Waals surface area contributed by atoms with Crippen LogP contribution in [0.25, 0.3) is 11.4 Å². The molecule has 1 aliphatic rings. The van der Waals surface area contributed by atoms with Crippen LogP contribution in [0.2, 0.25) is 0 Å². The molecule has 0 saturated heterocycles. The van der Waals surface area contributed by atoms with Crippen molar-refractivity contribution >= 4 is 43.4 Å². The van der Waals surface area contributed by atoms with Crippen molar-refractivity contribution in [1.82, 2.24) is 21.0 Å². The summed E-state index contributed by atoms with van der Waals surface area (Å²) in [6.45, 7) is 14.9. The topological polar surface area (TPSA) is 185 Å². The number of benzene rings is 2. The van der Waals surface area contributed by atoms with Gasteiger partial charge in [0.2, 0.25) is 17.7 Å². The molecule has 0 aromatic heterocycles. The number of hydrogen-bond acceptors (Lipinski definition) is 10. The Balaban J connectivity index is 0.00000514. The summed E-state index contributed by atoms with van der Waals surface area (Å²) in [5.41, 5.74) is 11.2. The maximum Gasteiger partial charge on any atom is 0.330 e.